The van der Waals surface area contributed by atoms with Gasteiger partial charge in [0.2, 0.25) is 5.91 Å². The van der Waals surface area contributed by atoms with Gasteiger partial charge in [0.25, 0.3) is 5.69 Å². The number of nitrogens with one attached hydrogen (secondary N) is 1. The molecule has 3 rings (SSSR count). The quantitative estimate of drug-likeness (QED) is 0.514. The number of hydrogen-bond donors (Lipinski definition) is 2. The molecule has 0 aliphatic rings. The Balaban J connectivity index is 2.25. The van der Waals surface area contributed by atoms with Crippen molar-refractivity contribution in [2.45, 2.75) is 26.8 Å². The lowest BCUT2D eigenvalue weighted by Crippen LogP contribution is -2.32. The second-order valence-electron chi connectivity index (χ2n) is 7.00. The van der Waals surface area contributed by atoms with Gasteiger partial charge in [-0.1, -0.05) is 43.7 Å². The van der Waals surface area contributed by atoms with E-state index in [2.05, 4.69) is 10.3 Å². The summed E-state index contributed by atoms with van der Waals surface area (Å²) in [4.78, 5) is 27.7. The van der Waals surface area contributed by atoms with Crippen molar-refractivity contribution in [3.05, 3.63) is 75.5 Å². The molecule has 0 aliphatic carbocycles. The number of aromatic nitrogens is 1. The van der Waals surface area contributed by atoms with Crippen LogP contribution in [-0.4, -0.2) is 20.9 Å². The number of nitro benzene ring substituents is 1. The molecule has 144 valence electrons. The molecule has 1 heterocycles. The van der Waals surface area contributed by atoms with Crippen molar-refractivity contribution >= 4 is 22.5 Å². The highest BCUT2D eigenvalue weighted by molar-refractivity contribution is 5.94. The van der Waals surface area contributed by atoms with Gasteiger partial charge in [-0.25, -0.2) is 0 Å². The maximum atomic E-state index is 12.4. The number of amides is 1. The monoisotopic (exact) mass is 379 g/mol. The van der Waals surface area contributed by atoms with Crippen LogP contribution in [-0.2, 0) is 4.79 Å². The van der Waals surface area contributed by atoms with Crippen LogP contribution in [0.3, 0.4) is 0 Å². The molecule has 1 atom stereocenters. The molecule has 0 aliphatic heterocycles. The van der Waals surface area contributed by atoms with Crippen LogP contribution in [0.1, 0.15) is 36.6 Å². The number of aryl methyl sites for hydroxylation is 1. The van der Waals surface area contributed by atoms with Crippen molar-refractivity contribution in [2.75, 3.05) is 0 Å². The molecule has 0 bridgehead atoms. The minimum atomic E-state index is -0.749. The van der Waals surface area contributed by atoms with Gasteiger partial charge in [-0.2, -0.15) is 0 Å². The zero-order chi connectivity index (χ0) is 20.4. The Morgan fingerprint density at radius 3 is 2.50 bits per heavy atom. The summed E-state index contributed by atoms with van der Waals surface area (Å²) in [6, 6.07) is 11.1. The maximum absolute atomic E-state index is 12.4. The normalized spacial score (nSPS) is 12.1. The van der Waals surface area contributed by atoms with Crippen LogP contribution in [0, 0.1) is 23.0 Å². The average Bonchev–Trinajstić information content (AvgIpc) is 2.67. The second-order valence-corrected chi connectivity index (χ2v) is 7.00. The first-order valence-corrected chi connectivity index (χ1v) is 8.91. The van der Waals surface area contributed by atoms with Gasteiger partial charge in [0.05, 0.1) is 16.4 Å². The van der Waals surface area contributed by atoms with Crippen LogP contribution in [0.2, 0.25) is 0 Å². The van der Waals surface area contributed by atoms with Gasteiger partial charge in [-0.15, -0.1) is 0 Å². The smallest absolute Gasteiger partial charge is 0.279 e. The van der Waals surface area contributed by atoms with Gasteiger partial charge >= 0.3 is 0 Å². The molecule has 7 nitrogen and oxygen atoms in total. The van der Waals surface area contributed by atoms with Crippen LogP contribution < -0.4 is 5.32 Å². The Kier molecular flexibility index (Phi) is 5.26. The largest absolute Gasteiger partial charge is 0.505 e. The summed E-state index contributed by atoms with van der Waals surface area (Å²) in [6.45, 7) is 5.45. The summed E-state index contributed by atoms with van der Waals surface area (Å²) in [5.74, 6) is -0.701. The molecule has 1 aromatic heterocycles. The minimum Gasteiger partial charge on any atom is -0.505 e. The lowest BCUT2D eigenvalue weighted by molar-refractivity contribution is -0.383. The van der Waals surface area contributed by atoms with Crippen molar-refractivity contribution in [1.82, 2.24) is 10.3 Å². The number of nitro groups is 1. The molecule has 0 saturated heterocycles. The number of phenolic OH excluding ortho intramolecular Hbond substituents is 1. The maximum Gasteiger partial charge on any atom is 0.279 e. The van der Waals surface area contributed by atoms with Crippen LogP contribution in [0.5, 0.6) is 5.75 Å². The van der Waals surface area contributed by atoms with Gasteiger partial charge in [-0.3, -0.25) is 19.9 Å². The highest BCUT2D eigenvalue weighted by Crippen LogP contribution is 2.39. The Morgan fingerprint density at radius 1 is 1.21 bits per heavy atom. The molecule has 28 heavy (non-hydrogen) atoms. The number of phenols is 1. The van der Waals surface area contributed by atoms with E-state index in [0.717, 1.165) is 5.56 Å². The summed E-state index contributed by atoms with van der Waals surface area (Å²) >= 11 is 0. The third kappa shape index (κ3) is 3.64. The van der Waals surface area contributed by atoms with Gasteiger partial charge in [0, 0.05) is 23.7 Å². The van der Waals surface area contributed by atoms with Gasteiger partial charge in [0.1, 0.15) is 11.3 Å². The van der Waals surface area contributed by atoms with Crippen molar-refractivity contribution in [3.63, 3.8) is 0 Å². The summed E-state index contributed by atoms with van der Waals surface area (Å²) in [5, 5.41) is 25.6. The first-order chi connectivity index (χ1) is 13.3. The number of fused-ring (bicyclic) bond motifs is 1. The van der Waals surface area contributed by atoms with E-state index < -0.39 is 11.0 Å². The molecule has 0 radical (unpaired) electrons. The fourth-order valence-electron chi connectivity index (χ4n) is 3.01. The Labute approximate surface area is 162 Å². The van der Waals surface area contributed by atoms with Crippen LogP contribution in [0.25, 0.3) is 10.9 Å². The molecule has 2 aromatic carbocycles. The van der Waals surface area contributed by atoms with Crippen LogP contribution in [0.15, 0.2) is 48.7 Å². The highest BCUT2D eigenvalue weighted by Gasteiger charge is 2.27. The number of nitrogens with zero attached hydrogens (tertiary/aromatic N) is 2. The van der Waals surface area contributed by atoms with Crippen molar-refractivity contribution in [2.24, 2.45) is 5.92 Å². The zero-order valence-electron chi connectivity index (χ0n) is 15.8. The van der Waals surface area contributed by atoms with Crippen LogP contribution in [0.4, 0.5) is 5.69 Å². The number of carbonyl (C=O) groups is 1. The number of hydrogen-bond acceptors (Lipinski definition) is 5. The highest BCUT2D eigenvalue weighted by atomic mass is 16.6. The van der Waals surface area contributed by atoms with Crippen LogP contribution >= 0.6 is 0 Å². The number of rotatable bonds is 5. The van der Waals surface area contributed by atoms with E-state index in [0.29, 0.717) is 5.56 Å². The fourth-order valence-corrected chi connectivity index (χ4v) is 3.01. The fraction of sp³-hybridized carbons (Fsp3) is 0.238. The molecule has 3 aromatic rings. The number of benzene rings is 2. The van der Waals surface area contributed by atoms with Gasteiger partial charge in [0.15, 0.2) is 0 Å². The first-order valence-electron chi connectivity index (χ1n) is 8.91. The summed E-state index contributed by atoms with van der Waals surface area (Å²) in [5.41, 5.74) is 1.93. The molecule has 1 amide bonds. The lowest BCUT2D eigenvalue weighted by atomic mass is 9.94. The average molecular weight is 379 g/mol. The topological polar surface area (TPSA) is 105 Å². The van der Waals surface area contributed by atoms with Crippen molar-refractivity contribution < 1.29 is 14.8 Å². The molecular formula is C21H21N3O4. The first kappa shape index (κ1) is 19.3. The molecule has 0 spiro atoms. The van der Waals surface area contributed by atoms with E-state index in [1.807, 2.05) is 31.2 Å². The Bertz CT molecular complexity index is 1050. The van der Waals surface area contributed by atoms with E-state index in [1.165, 1.54) is 18.3 Å². The van der Waals surface area contributed by atoms with E-state index >= 15 is 0 Å². The minimum absolute atomic E-state index is 0.127. The molecule has 0 unspecified atom stereocenters. The Hall–Kier alpha value is -3.48. The van der Waals surface area contributed by atoms with Gasteiger partial charge in [-0.05, 0) is 24.6 Å². The number of carbonyl (C=O) groups excluding carboxylic acids is 1. The molecule has 2 N–H and O–H groups in total. The third-order valence-corrected chi connectivity index (χ3v) is 4.60. The zero-order valence-corrected chi connectivity index (χ0v) is 15.8. The summed E-state index contributed by atoms with van der Waals surface area (Å²) < 4.78 is 0. The summed E-state index contributed by atoms with van der Waals surface area (Å²) in [6.07, 6.45) is 1.46. The predicted octanol–water partition coefficient (Wildman–Crippen LogP) is 4.02. The van der Waals surface area contributed by atoms with E-state index in [4.69, 9.17) is 0 Å². The van der Waals surface area contributed by atoms with E-state index in [1.54, 1.807) is 19.9 Å². The van der Waals surface area contributed by atoms with E-state index in [9.17, 15) is 20.0 Å². The molecule has 0 saturated carbocycles. The number of non-ortho nitro benzene ring substituents is 1. The van der Waals surface area contributed by atoms with Gasteiger partial charge < -0.3 is 10.4 Å². The van der Waals surface area contributed by atoms with E-state index in [-0.39, 0.29) is 39.7 Å². The number of aromatic hydroxyl groups is 1. The third-order valence-electron chi connectivity index (χ3n) is 4.60. The standard InChI is InChI=1S/C21H21N3O4/c1-12(2)21(26)23-18(14-8-6-13(3)7-9-14)16-11-17(24(27)28)15-5-4-10-22-19(15)20(16)25/h4-12,18,25H,1-3H3,(H,23,26)/t18-/m1/s1. The summed E-state index contributed by atoms with van der Waals surface area (Å²) in [7, 11) is 0. The molecule has 7 heteroatoms. The predicted molar refractivity (Wildman–Crippen MR) is 106 cm³/mol. The Morgan fingerprint density at radius 2 is 1.89 bits per heavy atom. The van der Waals surface area contributed by atoms with Crippen molar-refractivity contribution in [1.29, 1.82) is 0 Å². The SMILES string of the molecule is Cc1ccc([C@@H](NC(=O)C(C)C)c2cc([N+](=O)[O-])c3cccnc3c2O)cc1. The lowest BCUT2D eigenvalue weighted by Gasteiger charge is -2.22. The van der Waals surface area contributed by atoms with Crippen molar-refractivity contribution in [3.8, 4) is 5.75 Å². The molecule has 0 fully saturated rings. The molecular weight excluding hydrogens is 358 g/mol. The second kappa shape index (κ2) is 7.64. The number of pyridine rings is 1.